The summed E-state index contributed by atoms with van der Waals surface area (Å²) in [5.41, 5.74) is 2.95. The number of nitrogens with zero attached hydrogens (tertiary/aromatic N) is 2. The molecule has 6 heteroatoms. The highest BCUT2D eigenvalue weighted by Crippen LogP contribution is 2.37. The van der Waals surface area contributed by atoms with Gasteiger partial charge < -0.3 is 14.4 Å². The molecular weight excluding hydrogens is 332 g/mol. The molecule has 3 amide bonds. The van der Waals surface area contributed by atoms with Gasteiger partial charge >= 0.3 is 6.03 Å². The number of imide groups is 1. The average molecular weight is 352 g/mol. The van der Waals surface area contributed by atoms with E-state index in [1.165, 1.54) is 4.90 Å². The Kier molecular flexibility index (Phi) is 4.03. The summed E-state index contributed by atoms with van der Waals surface area (Å²) < 4.78 is 10.7. The predicted octanol–water partition coefficient (Wildman–Crippen LogP) is 2.59. The van der Waals surface area contributed by atoms with Crippen LogP contribution in [0.5, 0.6) is 11.5 Å². The molecule has 1 fully saturated rings. The molecular formula is C20H20N2O4. The lowest BCUT2D eigenvalue weighted by atomic mass is 9.94. The second kappa shape index (κ2) is 6.37. The van der Waals surface area contributed by atoms with E-state index in [9.17, 15) is 9.59 Å². The van der Waals surface area contributed by atoms with Gasteiger partial charge in [-0.2, -0.15) is 0 Å². The Hall–Kier alpha value is -3.02. The fraction of sp³-hybridized carbons (Fsp3) is 0.300. The lowest BCUT2D eigenvalue weighted by molar-refractivity contribution is -0.128. The normalized spacial score (nSPS) is 18.6. The standard InChI is InChI=1S/C20H20N2O4/c1-25-17-9-14-8-16-19(23)22(11-13-6-4-3-5-7-13)20(24)21(16)12-15(14)10-18(17)26-2/h3-7,9-10,16H,8,11-12H2,1-2H3. The summed E-state index contributed by atoms with van der Waals surface area (Å²) in [7, 11) is 3.17. The van der Waals surface area contributed by atoms with E-state index in [-0.39, 0.29) is 11.9 Å². The first-order valence-electron chi connectivity index (χ1n) is 8.52. The van der Waals surface area contributed by atoms with Crippen LogP contribution in [-0.2, 0) is 24.3 Å². The molecule has 0 saturated carbocycles. The summed E-state index contributed by atoms with van der Waals surface area (Å²) >= 11 is 0. The second-order valence-corrected chi connectivity index (χ2v) is 6.52. The highest BCUT2D eigenvalue weighted by molar-refractivity contribution is 6.04. The van der Waals surface area contributed by atoms with Gasteiger partial charge in [-0.15, -0.1) is 0 Å². The summed E-state index contributed by atoms with van der Waals surface area (Å²) in [5.74, 6) is 1.13. The maximum Gasteiger partial charge on any atom is 0.328 e. The largest absolute Gasteiger partial charge is 0.493 e. The third kappa shape index (κ3) is 2.58. The SMILES string of the molecule is COc1cc2c(cc1OC)CN1C(=O)N(Cc3ccccc3)C(=O)C1C2. The molecule has 1 atom stereocenters. The molecule has 6 nitrogen and oxygen atoms in total. The number of hydrogen-bond donors (Lipinski definition) is 0. The Balaban J connectivity index is 1.63. The van der Waals surface area contributed by atoms with Crippen molar-refractivity contribution in [2.45, 2.75) is 25.6 Å². The molecule has 0 radical (unpaired) electrons. The zero-order valence-corrected chi connectivity index (χ0v) is 14.8. The van der Waals surface area contributed by atoms with E-state index in [1.807, 2.05) is 42.5 Å². The smallest absolute Gasteiger partial charge is 0.328 e. The van der Waals surface area contributed by atoms with Crippen molar-refractivity contribution in [1.82, 2.24) is 9.80 Å². The summed E-state index contributed by atoms with van der Waals surface area (Å²) in [6, 6.07) is 12.7. The monoisotopic (exact) mass is 352 g/mol. The number of fused-ring (bicyclic) bond motifs is 2. The minimum atomic E-state index is -0.447. The minimum absolute atomic E-state index is 0.140. The topological polar surface area (TPSA) is 59.1 Å². The molecule has 2 aromatic rings. The van der Waals surface area contributed by atoms with Gasteiger partial charge in [0.1, 0.15) is 6.04 Å². The summed E-state index contributed by atoms with van der Waals surface area (Å²) in [6.45, 7) is 0.699. The van der Waals surface area contributed by atoms with E-state index in [0.717, 1.165) is 16.7 Å². The molecule has 1 saturated heterocycles. The molecule has 134 valence electrons. The van der Waals surface area contributed by atoms with Crippen LogP contribution in [0.15, 0.2) is 42.5 Å². The van der Waals surface area contributed by atoms with Crippen molar-refractivity contribution < 1.29 is 19.1 Å². The second-order valence-electron chi connectivity index (χ2n) is 6.52. The van der Waals surface area contributed by atoms with Crippen LogP contribution < -0.4 is 9.47 Å². The van der Waals surface area contributed by atoms with Crippen molar-refractivity contribution in [3.63, 3.8) is 0 Å². The van der Waals surface area contributed by atoms with Gasteiger partial charge in [0, 0.05) is 13.0 Å². The molecule has 2 aromatic carbocycles. The summed E-state index contributed by atoms with van der Waals surface area (Å²) in [4.78, 5) is 28.7. The Bertz CT molecular complexity index is 815. The number of benzene rings is 2. The van der Waals surface area contributed by atoms with Crippen molar-refractivity contribution in [3.8, 4) is 11.5 Å². The molecule has 0 aliphatic carbocycles. The molecule has 0 spiro atoms. The molecule has 0 N–H and O–H groups in total. The molecule has 4 rings (SSSR count). The van der Waals surface area contributed by atoms with E-state index in [2.05, 4.69) is 0 Å². The first-order valence-corrected chi connectivity index (χ1v) is 8.52. The van der Waals surface area contributed by atoms with Crippen LogP contribution in [0, 0.1) is 0 Å². The highest BCUT2D eigenvalue weighted by Gasteiger charge is 2.47. The quantitative estimate of drug-likeness (QED) is 0.794. The Morgan fingerprint density at radius 3 is 2.31 bits per heavy atom. The Labute approximate surface area is 151 Å². The molecule has 2 aliphatic heterocycles. The number of carbonyl (C=O) groups excluding carboxylic acids is 2. The van der Waals surface area contributed by atoms with Gasteiger partial charge in [-0.05, 0) is 28.8 Å². The number of amides is 3. The third-order valence-corrected chi connectivity index (χ3v) is 5.05. The van der Waals surface area contributed by atoms with Crippen molar-refractivity contribution in [2.75, 3.05) is 14.2 Å². The number of ether oxygens (including phenoxy) is 2. The van der Waals surface area contributed by atoms with Crippen molar-refractivity contribution in [1.29, 1.82) is 0 Å². The minimum Gasteiger partial charge on any atom is -0.493 e. The third-order valence-electron chi connectivity index (χ3n) is 5.05. The van der Waals surface area contributed by atoms with Gasteiger partial charge in [-0.25, -0.2) is 4.79 Å². The van der Waals surface area contributed by atoms with Crippen LogP contribution >= 0.6 is 0 Å². The Morgan fingerprint density at radius 2 is 1.65 bits per heavy atom. The Morgan fingerprint density at radius 1 is 1.00 bits per heavy atom. The van der Waals surface area contributed by atoms with Crippen LogP contribution in [0.25, 0.3) is 0 Å². The fourth-order valence-corrected chi connectivity index (χ4v) is 3.67. The summed E-state index contributed by atoms with van der Waals surface area (Å²) in [6.07, 6.45) is 0.492. The molecule has 2 aliphatic rings. The van der Waals surface area contributed by atoms with Gasteiger partial charge in [0.2, 0.25) is 0 Å². The van der Waals surface area contributed by atoms with E-state index >= 15 is 0 Å². The van der Waals surface area contributed by atoms with Gasteiger partial charge in [-0.3, -0.25) is 9.69 Å². The van der Waals surface area contributed by atoms with Crippen molar-refractivity contribution >= 4 is 11.9 Å². The van der Waals surface area contributed by atoms with Crippen molar-refractivity contribution in [3.05, 3.63) is 59.2 Å². The zero-order valence-electron chi connectivity index (χ0n) is 14.8. The number of rotatable bonds is 4. The maximum atomic E-state index is 12.8. The van der Waals surface area contributed by atoms with E-state index in [0.29, 0.717) is 31.0 Å². The molecule has 2 heterocycles. The molecule has 1 unspecified atom stereocenters. The lowest BCUT2D eigenvalue weighted by Gasteiger charge is -2.29. The van der Waals surface area contributed by atoms with Crippen LogP contribution in [0.1, 0.15) is 16.7 Å². The number of carbonyl (C=O) groups is 2. The first kappa shape index (κ1) is 16.4. The number of hydrogen-bond acceptors (Lipinski definition) is 4. The summed E-state index contributed by atoms with van der Waals surface area (Å²) in [5, 5.41) is 0. The van der Waals surface area contributed by atoms with Crippen molar-refractivity contribution in [2.24, 2.45) is 0 Å². The molecule has 26 heavy (non-hydrogen) atoms. The van der Waals surface area contributed by atoms with Crippen LogP contribution in [-0.4, -0.2) is 42.0 Å². The van der Waals surface area contributed by atoms with Gasteiger partial charge in [-0.1, -0.05) is 30.3 Å². The van der Waals surface area contributed by atoms with E-state index in [1.54, 1.807) is 19.1 Å². The van der Waals surface area contributed by atoms with Crippen LogP contribution in [0.4, 0.5) is 4.79 Å². The lowest BCUT2D eigenvalue weighted by Crippen LogP contribution is -2.40. The molecule has 0 aromatic heterocycles. The fourth-order valence-electron chi connectivity index (χ4n) is 3.67. The average Bonchev–Trinajstić information content (AvgIpc) is 2.90. The number of urea groups is 1. The van der Waals surface area contributed by atoms with Gasteiger partial charge in [0.15, 0.2) is 11.5 Å². The van der Waals surface area contributed by atoms with Crippen LogP contribution in [0.2, 0.25) is 0 Å². The van der Waals surface area contributed by atoms with Gasteiger partial charge in [0.05, 0.1) is 20.8 Å². The zero-order chi connectivity index (χ0) is 18.3. The highest BCUT2D eigenvalue weighted by atomic mass is 16.5. The van der Waals surface area contributed by atoms with E-state index in [4.69, 9.17) is 9.47 Å². The van der Waals surface area contributed by atoms with Crippen LogP contribution in [0.3, 0.4) is 0 Å². The number of methoxy groups -OCH3 is 2. The first-order chi connectivity index (χ1) is 12.6. The maximum absolute atomic E-state index is 12.8. The van der Waals surface area contributed by atoms with Gasteiger partial charge in [0.25, 0.3) is 5.91 Å². The van der Waals surface area contributed by atoms with E-state index < -0.39 is 6.04 Å². The molecule has 0 bridgehead atoms. The predicted molar refractivity (Wildman–Crippen MR) is 95.0 cm³/mol.